The van der Waals surface area contributed by atoms with Crippen LogP contribution in [0.25, 0.3) is 0 Å². The predicted octanol–water partition coefficient (Wildman–Crippen LogP) is 3.00. The molecule has 5 heteroatoms. The molecule has 1 aromatic carbocycles. The molecule has 4 nitrogen and oxygen atoms in total. The first-order valence-electron chi connectivity index (χ1n) is 6.59. The maximum atomic E-state index is 12.6. The number of benzene rings is 1. The number of carbonyl (C=O) groups is 1. The van der Waals surface area contributed by atoms with Gasteiger partial charge in [0.15, 0.2) is 0 Å². The zero-order valence-corrected chi connectivity index (χ0v) is 12.8. The summed E-state index contributed by atoms with van der Waals surface area (Å²) in [5.41, 5.74) is 8.30. The van der Waals surface area contributed by atoms with Crippen molar-refractivity contribution in [3.63, 3.8) is 0 Å². The average molecular weight is 289 g/mol. The van der Waals surface area contributed by atoms with E-state index in [-0.39, 0.29) is 5.91 Å². The van der Waals surface area contributed by atoms with Crippen LogP contribution in [0.1, 0.15) is 32.9 Å². The second-order valence-electron chi connectivity index (χ2n) is 4.71. The van der Waals surface area contributed by atoms with Gasteiger partial charge in [0.25, 0.3) is 5.91 Å². The van der Waals surface area contributed by atoms with Gasteiger partial charge in [-0.25, -0.2) is 4.98 Å². The molecule has 2 rings (SSSR count). The van der Waals surface area contributed by atoms with Gasteiger partial charge in [-0.2, -0.15) is 0 Å². The number of nitrogens with zero attached hydrogens (tertiary/aromatic N) is 2. The molecule has 1 heterocycles. The van der Waals surface area contributed by atoms with Crippen molar-refractivity contribution in [1.82, 2.24) is 9.88 Å². The van der Waals surface area contributed by atoms with Gasteiger partial charge >= 0.3 is 0 Å². The molecular formula is C15H19N3OS. The van der Waals surface area contributed by atoms with Crippen LogP contribution in [0.15, 0.2) is 24.3 Å². The van der Waals surface area contributed by atoms with E-state index in [1.165, 1.54) is 11.3 Å². The van der Waals surface area contributed by atoms with E-state index in [0.717, 1.165) is 26.8 Å². The SMILES string of the molecule is CCN(Cc1ccc(N)cc1)C(=O)c1sc(C)nc1C. The number of hydrogen-bond donors (Lipinski definition) is 1. The van der Waals surface area contributed by atoms with Crippen LogP contribution in [0.4, 0.5) is 5.69 Å². The van der Waals surface area contributed by atoms with Crippen LogP contribution >= 0.6 is 11.3 Å². The van der Waals surface area contributed by atoms with E-state index < -0.39 is 0 Å². The van der Waals surface area contributed by atoms with Crippen LogP contribution < -0.4 is 5.73 Å². The zero-order valence-electron chi connectivity index (χ0n) is 12.0. The highest BCUT2D eigenvalue weighted by atomic mass is 32.1. The second kappa shape index (κ2) is 6.05. The molecule has 2 aromatic rings. The van der Waals surface area contributed by atoms with E-state index in [2.05, 4.69) is 4.98 Å². The Morgan fingerprint density at radius 1 is 1.30 bits per heavy atom. The minimum atomic E-state index is 0.0485. The molecule has 2 N–H and O–H groups in total. The highest BCUT2D eigenvalue weighted by Crippen LogP contribution is 2.20. The van der Waals surface area contributed by atoms with E-state index in [1.807, 2.05) is 49.9 Å². The molecule has 0 atom stereocenters. The van der Waals surface area contributed by atoms with Crippen LogP contribution in [0.3, 0.4) is 0 Å². The number of anilines is 1. The highest BCUT2D eigenvalue weighted by molar-refractivity contribution is 7.13. The Morgan fingerprint density at radius 3 is 2.45 bits per heavy atom. The molecule has 0 bridgehead atoms. The maximum absolute atomic E-state index is 12.6. The molecule has 0 saturated heterocycles. The van der Waals surface area contributed by atoms with Crippen LogP contribution in [-0.4, -0.2) is 22.3 Å². The minimum absolute atomic E-state index is 0.0485. The average Bonchev–Trinajstić information content (AvgIpc) is 2.76. The van der Waals surface area contributed by atoms with E-state index in [1.54, 1.807) is 0 Å². The largest absolute Gasteiger partial charge is 0.399 e. The first-order valence-corrected chi connectivity index (χ1v) is 7.40. The maximum Gasteiger partial charge on any atom is 0.266 e. The summed E-state index contributed by atoms with van der Waals surface area (Å²) >= 11 is 1.46. The van der Waals surface area contributed by atoms with Gasteiger partial charge in [-0.05, 0) is 38.5 Å². The van der Waals surface area contributed by atoms with E-state index in [4.69, 9.17) is 5.73 Å². The number of aromatic nitrogens is 1. The molecule has 0 aliphatic carbocycles. The third-order valence-corrected chi connectivity index (χ3v) is 4.18. The number of nitrogen functional groups attached to an aromatic ring is 1. The number of aryl methyl sites for hydroxylation is 2. The smallest absolute Gasteiger partial charge is 0.266 e. The number of thiazole rings is 1. The van der Waals surface area contributed by atoms with Crippen LogP contribution in [-0.2, 0) is 6.54 Å². The molecule has 0 spiro atoms. The lowest BCUT2D eigenvalue weighted by Gasteiger charge is -2.20. The van der Waals surface area contributed by atoms with Gasteiger partial charge in [0, 0.05) is 18.8 Å². The Balaban J connectivity index is 2.17. The third-order valence-electron chi connectivity index (χ3n) is 3.12. The summed E-state index contributed by atoms with van der Waals surface area (Å²) in [6.45, 7) is 7.04. The number of hydrogen-bond acceptors (Lipinski definition) is 4. The molecule has 0 saturated carbocycles. The predicted molar refractivity (Wildman–Crippen MR) is 82.9 cm³/mol. The van der Waals surface area contributed by atoms with Crippen molar-refractivity contribution in [2.45, 2.75) is 27.3 Å². The van der Waals surface area contributed by atoms with Crippen LogP contribution in [0.5, 0.6) is 0 Å². The number of amides is 1. The van der Waals surface area contributed by atoms with Crippen molar-refractivity contribution in [3.8, 4) is 0 Å². The van der Waals surface area contributed by atoms with Gasteiger partial charge < -0.3 is 10.6 Å². The Kier molecular flexibility index (Phi) is 4.39. The van der Waals surface area contributed by atoms with Crippen molar-refractivity contribution < 1.29 is 4.79 Å². The second-order valence-corrected chi connectivity index (χ2v) is 5.91. The normalized spacial score (nSPS) is 10.6. The molecule has 0 radical (unpaired) electrons. The van der Waals surface area contributed by atoms with E-state index in [0.29, 0.717) is 13.1 Å². The van der Waals surface area contributed by atoms with E-state index in [9.17, 15) is 4.79 Å². The van der Waals surface area contributed by atoms with E-state index >= 15 is 0 Å². The highest BCUT2D eigenvalue weighted by Gasteiger charge is 2.19. The Morgan fingerprint density at radius 2 is 1.95 bits per heavy atom. The molecule has 0 fully saturated rings. The van der Waals surface area contributed by atoms with Gasteiger partial charge in [0.05, 0.1) is 10.7 Å². The summed E-state index contributed by atoms with van der Waals surface area (Å²) in [6.07, 6.45) is 0. The van der Waals surface area contributed by atoms with Gasteiger partial charge in [-0.1, -0.05) is 12.1 Å². The zero-order chi connectivity index (χ0) is 14.7. The lowest BCUT2D eigenvalue weighted by molar-refractivity contribution is 0.0756. The van der Waals surface area contributed by atoms with Crippen LogP contribution in [0.2, 0.25) is 0 Å². The summed E-state index contributed by atoms with van der Waals surface area (Å²) in [5.74, 6) is 0.0485. The fourth-order valence-electron chi connectivity index (χ4n) is 2.04. The molecule has 0 aliphatic rings. The first kappa shape index (κ1) is 14.5. The lowest BCUT2D eigenvalue weighted by atomic mass is 10.2. The Labute approximate surface area is 123 Å². The molecule has 106 valence electrons. The lowest BCUT2D eigenvalue weighted by Crippen LogP contribution is -2.30. The number of rotatable bonds is 4. The summed E-state index contributed by atoms with van der Waals surface area (Å²) in [6, 6.07) is 7.62. The summed E-state index contributed by atoms with van der Waals surface area (Å²) < 4.78 is 0. The van der Waals surface area contributed by atoms with Crippen LogP contribution in [0, 0.1) is 13.8 Å². The summed E-state index contributed by atoms with van der Waals surface area (Å²) in [7, 11) is 0. The van der Waals surface area contributed by atoms with Gasteiger partial charge in [-0.15, -0.1) is 11.3 Å². The molecule has 1 amide bonds. The molecule has 0 aliphatic heterocycles. The first-order chi connectivity index (χ1) is 9.51. The van der Waals surface area contributed by atoms with Gasteiger partial charge in [0.2, 0.25) is 0 Å². The third kappa shape index (κ3) is 3.17. The Bertz CT molecular complexity index is 604. The fourth-order valence-corrected chi connectivity index (χ4v) is 2.93. The monoisotopic (exact) mass is 289 g/mol. The topological polar surface area (TPSA) is 59.2 Å². The summed E-state index contributed by atoms with van der Waals surface area (Å²) in [4.78, 5) is 19.4. The molecular weight excluding hydrogens is 270 g/mol. The van der Waals surface area contributed by atoms with Crippen molar-refractivity contribution in [2.24, 2.45) is 0 Å². The Hall–Kier alpha value is -1.88. The van der Waals surface area contributed by atoms with Crippen molar-refractivity contribution >= 4 is 22.9 Å². The molecule has 0 unspecified atom stereocenters. The number of carbonyl (C=O) groups excluding carboxylic acids is 1. The summed E-state index contributed by atoms with van der Waals surface area (Å²) in [5, 5.41) is 0.925. The van der Waals surface area contributed by atoms with Gasteiger partial charge in [0.1, 0.15) is 4.88 Å². The van der Waals surface area contributed by atoms with Gasteiger partial charge in [-0.3, -0.25) is 4.79 Å². The minimum Gasteiger partial charge on any atom is -0.399 e. The standard InChI is InChI=1S/C15H19N3OS/c1-4-18(9-12-5-7-13(16)8-6-12)15(19)14-10(2)17-11(3)20-14/h5-8H,4,9,16H2,1-3H3. The van der Waals surface area contributed by atoms with Crippen molar-refractivity contribution in [3.05, 3.63) is 45.4 Å². The van der Waals surface area contributed by atoms with Crippen molar-refractivity contribution in [1.29, 1.82) is 0 Å². The quantitative estimate of drug-likeness (QED) is 0.880. The van der Waals surface area contributed by atoms with Crippen molar-refractivity contribution in [2.75, 3.05) is 12.3 Å². The number of nitrogens with two attached hydrogens (primary N) is 1. The molecule has 1 aromatic heterocycles. The molecule has 20 heavy (non-hydrogen) atoms. The fraction of sp³-hybridized carbons (Fsp3) is 0.333.